The summed E-state index contributed by atoms with van der Waals surface area (Å²) in [5, 5.41) is 0. The summed E-state index contributed by atoms with van der Waals surface area (Å²) in [6.45, 7) is 2.14. The predicted octanol–water partition coefficient (Wildman–Crippen LogP) is 4.84. The van der Waals surface area contributed by atoms with E-state index in [4.69, 9.17) is 9.47 Å². The fourth-order valence-corrected chi connectivity index (χ4v) is 3.24. The van der Waals surface area contributed by atoms with Gasteiger partial charge in [-0.3, -0.25) is 4.79 Å². The zero-order valence-electron chi connectivity index (χ0n) is 13.8. The van der Waals surface area contributed by atoms with Gasteiger partial charge in [0.2, 0.25) is 0 Å². The van der Waals surface area contributed by atoms with Crippen LogP contribution in [0, 0.1) is 0 Å². The third kappa shape index (κ3) is 4.75. The van der Waals surface area contributed by atoms with E-state index in [0.717, 1.165) is 44.3 Å². The molecule has 1 aromatic rings. The quantitative estimate of drug-likeness (QED) is 0.534. The molecular weight excluding hydrogens is 276 g/mol. The Morgan fingerprint density at radius 2 is 2.05 bits per heavy atom. The highest BCUT2D eigenvalue weighted by molar-refractivity contribution is 5.69. The first-order valence-electron chi connectivity index (χ1n) is 8.58. The Balaban J connectivity index is 1.99. The van der Waals surface area contributed by atoms with Gasteiger partial charge in [0.1, 0.15) is 11.9 Å². The van der Waals surface area contributed by atoms with Gasteiger partial charge >= 0.3 is 5.97 Å². The van der Waals surface area contributed by atoms with Crippen molar-refractivity contribution < 1.29 is 14.3 Å². The standard InChI is InChI=1S/C19H28O3/c1-3-4-5-13-19(20)22-18-12-7-6-11-17(18)15-9-8-10-16(14-15)21-2/h8-10,14,17-18H,3-7,11-13H2,1-2H3/t17-,18+/m0/s1. The molecule has 0 bridgehead atoms. The van der Waals surface area contributed by atoms with Crippen molar-refractivity contribution in [2.75, 3.05) is 7.11 Å². The van der Waals surface area contributed by atoms with Crippen LogP contribution in [0.1, 0.15) is 69.8 Å². The molecule has 1 aromatic carbocycles. The number of methoxy groups -OCH3 is 1. The molecule has 0 amide bonds. The summed E-state index contributed by atoms with van der Waals surface area (Å²) in [6, 6.07) is 8.17. The zero-order chi connectivity index (χ0) is 15.8. The maximum absolute atomic E-state index is 12.0. The van der Waals surface area contributed by atoms with Gasteiger partial charge in [-0.15, -0.1) is 0 Å². The molecule has 122 valence electrons. The lowest BCUT2D eigenvalue weighted by Gasteiger charge is -2.31. The SMILES string of the molecule is CCCCCC(=O)O[C@@H]1CCCC[C@H]1c1cccc(OC)c1. The Bertz CT molecular complexity index is 470. The molecule has 0 saturated heterocycles. The highest BCUT2D eigenvalue weighted by atomic mass is 16.5. The number of unbranched alkanes of at least 4 members (excludes halogenated alkanes) is 2. The third-order valence-electron chi connectivity index (χ3n) is 4.49. The summed E-state index contributed by atoms with van der Waals surface area (Å²) in [5.41, 5.74) is 1.23. The largest absolute Gasteiger partial charge is 0.497 e. The monoisotopic (exact) mass is 304 g/mol. The van der Waals surface area contributed by atoms with E-state index >= 15 is 0 Å². The molecule has 1 saturated carbocycles. The molecule has 0 N–H and O–H groups in total. The number of hydrogen-bond donors (Lipinski definition) is 0. The molecule has 3 nitrogen and oxygen atoms in total. The highest BCUT2D eigenvalue weighted by Gasteiger charge is 2.29. The van der Waals surface area contributed by atoms with E-state index < -0.39 is 0 Å². The Hall–Kier alpha value is -1.51. The minimum absolute atomic E-state index is 0.0231. The fourth-order valence-electron chi connectivity index (χ4n) is 3.24. The molecule has 0 radical (unpaired) electrons. The molecule has 1 fully saturated rings. The van der Waals surface area contributed by atoms with Gasteiger partial charge in [0.05, 0.1) is 7.11 Å². The second-order valence-corrected chi connectivity index (χ2v) is 6.15. The summed E-state index contributed by atoms with van der Waals surface area (Å²) < 4.78 is 11.1. The fraction of sp³-hybridized carbons (Fsp3) is 0.632. The molecule has 1 aliphatic rings. The van der Waals surface area contributed by atoms with E-state index in [1.54, 1.807) is 7.11 Å². The van der Waals surface area contributed by atoms with E-state index in [1.807, 2.05) is 12.1 Å². The maximum atomic E-state index is 12.0. The lowest BCUT2D eigenvalue weighted by molar-refractivity contribution is -0.151. The van der Waals surface area contributed by atoms with Gasteiger partial charge in [-0.2, -0.15) is 0 Å². The first kappa shape index (κ1) is 16.9. The lowest BCUT2D eigenvalue weighted by Crippen LogP contribution is -2.28. The Morgan fingerprint density at radius 3 is 2.82 bits per heavy atom. The summed E-state index contributed by atoms with van der Waals surface area (Å²) in [5.74, 6) is 1.14. The summed E-state index contributed by atoms with van der Waals surface area (Å²) in [7, 11) is 1.69. The van der Waals surface area contributed by atoms with Crippen LogP contribution in [-0.4, -0.2) is 19.2 Å². The average molecular weight is 304 g/mol. The first-order chi connectivity index (χ1) is 10.7. The van der Waals surface area contributed by atoms with Gasteiger partial charge in [-0.05, 0) is 43.4 Å². The molecule has 2 atom stereocenters. The first-order valence-corrected chi connectivity index (χ1v) is 8.58. The molecule has 2 rings (SSSR count). The summed E-state index contributed by atoms with van der Waals surface area (Å²) >= 11 is 0. The molecule has 22 heavy (non-hydrogen) atoms. The predicted molar refractivity (Wildman–Crippen MR) is 88.2 cm³/mol. The minimum Gasteiger partial charge on any atom is -0.497 e. The van der Waals surface area contributed by atoms with Gasteiger partial charge < -0.3 is 9.47 Å². The number of carbonyl (C=O) groups excluding carboxylic acids is 1. The van der Waals surface area contributed by atoms with Gasteiger partial charge in [0, 0.05) is 12.3 Å². The van der Waals surface area contributed by atoms with E-state index in [1.165, 1.54) is 12.0 Å². The molecule has 0 aliphatic heterocycles. The lowest BCUT2D eigenvalue weighted by atomic mass is 9.81. The Labute approximate surface area is 134 Å². The summed E-state index contributed by atoms with van der Waals surface area (Å²) in [6.07, 6.45) is 8.14. The van der Waals surface area contributed by atoms with E-state index in [-0.39, 0.29) is 12.1 Å². The van der Waals surface area contributed by atoms with Crippen LogP contribution in [-0.2, 0) is 9.53 Å². The van der Waals surface area contributed by atoms with E-state index in [0.29, 0.717) is 12.3 Å². The van der Waals surface area contributed by atoms with Crippen LogP contribution < -0.4 is 4.74 Å². The number of rotatable bonds is 7. The summed E-state index contributed by atoms with van der Waals surface area (Å²) in [4.78, 5) is 12.0. The van der Waals surface area contributed by atoms with Crippen molar-refractivity contribution in [1.29, 1.82) is 0 Å². The highest BCUT2D eigenvalue weighted by Crippen LogP contribution is 2.36. The van der Waals surface area contributed by atoms with Crippen LogP contribution in [0.4, 0.5) is 0 Å². The molecule has 1 aliphatic carbocycles. The molecule has 0 aromatic heterocycles. The van der Waals surface area contributed by atoms with E-state index in [9.17, 15) is 4.79 Å². The van der Waals surface area contributed by atoms with Crippen LogP contribution in [0.5, 0.6) is 5.75 Å². The smallest absolute Gasteiger partial charge is 0.306 e. The van der Waals surface area contributed by atoms with E-state index in [2.05, 4.69) is 19.1 Å². The van der Waals surface area contributed by atoms with Crippen LogP contribution in [0.15, 0.2) is 24.3 Å². The van der Waals surface area contributed by atoms with Gasteiger partial charge in [0.15, 0.2) is 0 Å². The number of hydrogen-bond acceptors (Lipinski definition) is 3. The van der Waals surface area contributed by atoms with Crippen LogP contribution in [0.3, 0.4) is 0 Å². The maximum Gasteiger partial charge on any atom is 0.306 e. The molecule has 0 spiro atoms. The molecule has 3 heteroatoms. The molecule has 0 unspecified atom stereocenters. The molecule has 0 heterocycles. The number of benzene rings is 1. The number of esters is 1. The minimum atomic E-state index is -0.0340. The van der Waals surface area contributed by atoms with Crippen molar-refractivity contribution in [2.24, 2.45) is 0 Å². The van der Waals surface area contributed by atoms with Crippen molar-refractivity contribution in [3.8, 4) is 5.75 Å². The van der Waals surface area contributed by atoms with Crippen molar-refractivity contribution >= 4 is 5.97 Å². The second-order valence-electron chi connectivity index (χ2n) is 6.15. The Kier molecular flexibility index (Phi) is 6.75. The average Bonchev–Trinajstić information content (AvgIpc) is 2.55. The van der Waals surface area contributed by atoms with Gasteiger partial charge in [-0.1, -0.05) is 38.3 Å². The van der Waals surface area contributed by atoms with Crippen LogP contribution in [0.25, 0.3) is 0 Å². The van der Waals surface area contributed by atoms with Gasteiger partial charge in [0.25, 0.3) is 0 Å². The number of ether oxygens (including phenoxy) is 2. The van der Waals surface area contributed by atoms with Gasteiger partial charge in [-0.25, -0.2) is 0 Å². The topological polar surface area (TPSA) is 35.5 Å². The van der Waals surface area contributed by atoms with Crippen LogP contribution >= 0.6 is 0 Å². The second kappa shape index (κ2) is 8.82. The molecular formula is C19H28O3. The Morgan fingerprint density at radius 1 is 1.23 bits per heavy atom. The zero-order valence-corrected chi connectivity index (χ0v) is 13.8. The van der Waals surface area contributed by atoms with Crippen molar-refractivity contribution in [3.05, 3.63) is 29.8 Å². The number of carbonyl (C=O) groups is 1. The van der Waals surface area contributed by atoms with Crippen molar-refractivity contribution in [1.82, 2.24) is 0 Å². The third-order valence-corrected chi connectivity index (χ3v) is 4.49. The van der Waals surface area contributed by atoms with Crippen molar-refractivity contribution in [2.45, 2.75) is 70.3 Å². The van der Waals surface area contributed by atoms with Crippen LogP contribution in [0.2, 0.25) is 0 Å². The van der Waals surface area contributed by atoms with Crippen molar-refractivity contribution in [3.63, 3.8) is 0 Å². The normalized spacial score (nSPS) is 21.4.